The van der Waals surface area contributed by atoms with Gasteiger partial charge in [-0.3, -0.25) is 4.79 Å². The van der Waals surface area contributed by atoms with E-state index in [9.17, 15) is 4.79 Å². The zero-order chi connectivity index (χ0) is 15.8. The smallest absolute Gasteiger partial charge is 0.239 e. The molecule has 0 radical (unpaired) electrons. The molecule has 4 heteroatoms. The highest BCUT2D eigenvalue weighted by Gasteiger charge is 2.15. The van der Waals surface area contributed by atoms with Crippen LogP contribution in [0, 0.1) is 0 Å². The molecule has 0 unspecified atom stereocenters. The molecule has 0 heterocycles. The number of benzene rings is 2. The summed E-state index contributed by atoms with van der Waals surface area (Å²) in [5.41, 5.74) is 7.63. The number of methoxy groups -OCH3 is 1. The molecule has 1 amide bonds. The van der Waals surface area contributed by atoms with E-state index in [0.717, 1.165) is 30.7 Å². The zero-order valence-corrected chi connectivity index (χ0v) is 12.8. The van der Waals surface area contributed by atoms with Crippen LogP contribution >= 0.6 is 0 Å². The molecule has 0 aromatic heterocycles. The van der Waals surface area contributed by atoms with E-state index >= 15 is 0 Å². The third kappa shape index (κ3) is 4.60. The molecular weight excluding hydrogens is 276 g/mol. The largest absolute Gasteiger partial charge is 0.497 e. The van der Waals surface area contributed by atoms with Crippen molar-refractivity contribution in [3.8, 4) is 5.75 Å². The van der Waals surface area contributed by atoms with Gasteiger partial charge in [-0.25, -0.2) is 0 Å². The van der Waals surface area contributed by atoms with Gasteiger partial charge in [0.15, 0.2) is 0 Å². The number of carbonyl (C=O) groups excluding carboxylic acids is 1. The minimum absolute atomic E-state index is 0.351. The number of nitrogens with one attached hydrogen (secondary N) is 1. The summed E-state index contributed by atoms with van der Waals surface area (Å²) < 4.78 is 5.14. The number of carbonyl (C=O) groups is 1. The number of hydrogen-bond acceptors (Lipinski definition) is 3. The normalized spacial score (nSPS) is 11.9. The molecule has 0 aliphatic carbocycles. The molecule has 0 aliphatic rings. The van der Waals surface area contributed by atoms with Crippen LogP contribution in [0.25, 0.3) is 0 Å². The van der Waals surface area contributed by atoms with Crippen LogP contribution in [0.2, 0.25) is 0 Å². The maximum Gasteiger partial charge on any atom is 0.239 e. The van der Waals surface area contributed by atoms with Crippen LogP contribution in [0.3, 0.4) is 0 Å². The van der Waals surface area contributed by atoms with Gasteiger partial charge >= 0.3 is 0 Å². The Morgan fingerprint density at radius 3 is 2.41 bits per heavy atom. The van der Waals surface area contributed by atoms with Crippen molar-refractivity contribution in [3.05, 3.63) is 65.7 Å². The first-order valence-electron chi connectivity index (χ1n) is 7.41. The molecule has 2 aromatic rings. The topological polar surface area (TPSA) is 64.3 Å². The second-order valence-corrected chi connectivity index (χ2v) is 5.15. The molecule has 22 heavy (non-hydrogen) atoms. The fourth-order valence-corrected chi connectivity index (χ4v) is 2.36. The van der Waals surface area contributed by atoms with Crippen molar-refractivity contribution in [3.63, 3.8) is 0 Å². The number of amides is 1. The summed E-state index contributed by atoms with van der Waals surface area (Å²) in [6, 6.07) is 17.1. The van der Waals surface area contributed by atoms with E-state index in [1.54, 1.807) is 7.11 Å². The molecule has 1 atom stereocenters. The van der Waals surface area contributed by atoms with E-state index in [2.05, 4.69) is 17.4 Å². The Hall–Kier alpha value is -2.33. The number of hydrogen-bond donors (Lipinski definition) is 2. The Morgan fingerprint density at radius 2 is 1.82 bits per heavy atom. The van der Waals surface area contributed by atoms with E-state index in [-0.39, 0.29) is 5.91 Å². The van der Waals surface area contributed by atoms with E-state index in [1.807, 2.05) is 42.5 Å². The molecule has 0 bridgehead atoms. The zero-order valence-electron chi connectivity index (χ0n) is 12.8. The van der Waals surface area contributed by atoms with Gasteiger partial charge in [0.25, 0.3) is 0 Å². The number of rotatable bonds is 8. The lowest BCUT2D eigenvalue weighted by atomic mass is 10.1. The lowest BCUT2D eigenvalue weighted by Crippen LogP contribution is -2.34. The second-order valence-electron chi connectivity index (χ2n) is 5.15. The second kappa shape index (κ2) is 8.20. The lowest BCUT2D eigenvalue weighted by molar-refractivity contribution is -0.120. The summed E-state index contributed by atoms with van der Waals surface area (Å²) in [5, 5.41) is 3.23. The fraction of sp³-hybridized carbons (Fsp3) is 0.278. The van der Waals surface area contributed by atoms with Crippen molar-refractivity contribution in [1.82, 2.24) is 5.32 Å². The highest BCUT2D eigenvalue weighted by molar-refractivity contribution is 5.81. The summed E-state index contributed by atoms with van der Waals surface area (Å²) in [7, 11) is 1.66. The van der Waals surface area contributed by atoms with Gasteiger partial charge < -0.3 is 15.8 Å². The first-order valence-corrected chi connectivity index (χ1v) is 7.41. The van der Waals surface area contributed by atoms with Crippen molar-refractivity contribution in [2.75, 3.05) is 13.7 Å². The van der Waals surface area contributed by atoms with Gasteiger partial charge in [0.05, 0.1) is 7.11 Å². The predicted molar refractivity (Wildman–Crippen MR) is 87.7 cm³/mol. The minimum atomic E-state index is -0.433. The van der Waals surface area contributed by atoms with Crippen molar-refractivity contribution in [1.29, 1.82) is 0 Å². The third-order valence-corrected chi connectivity index (χ3v) is 3.57. The fourth-order valence-electron chi connectivity index (χ4n) is 2.36. The van der Waals surface area contributed by atoms with E-state index in [1.165, 1.54) is 5.56 Å². The Morgan fingerprint density at radius 1 is 1.14 bits per heavy atom. The van der Waals surface area contributed by atoms with E-state index < -0.39 is 6.04 Å². The number of aryl methyl sites for hydroxylation is 1. The van der Waals surface area contributed by atoms with Crippen LogP contribution in [0.15, 0.2) is 54.6 Å². The van der Waals surface area contributed by atoms with Crippen molar-refractivity contribution in [2.45, 2.75) is 18.9 Å². The number of nitrogens with two attached hydrogens (primary N) is 1. The average molecular weight is 298 g/mol. The summed E-state index contributed by atoms with van der Waals surface area (Å²) in [6.07, 6.45) is 1.88. The predicted octanol–water partition coefficient (Wildman–Crippen LogP) is 2.44. The molecule has 0 saturated heterocycles. The highest BCUT2D eigenvalue weighted by atomic mass is 16.5. The molecule has 0 fully saturated rings. The quantitative estimate of drug-likeness (QED) is 0.736. The van der Waals surface area contributed by atoms with Crippen molar-refractivity contribution >= 4 is 5.91 Å². The highest BCUT2D eigenvalue weighted by Crippen LogP contribution is 2.14. The molecule has 4 nitrogen and oxygen atoms in total. The van der Waals surface area contributed by atoms with Crippen LogP contribution in [-0.4, -0.2) is 19.6 Å². The standard InChI is InChI=1S/C18H22N2O2/c1-22-16-11-9-14(10-12-16)6-5-13-20-17(18(19)21)15-7-3-2-4-8-15/h2-4,7-12,17,20H,5-6,13H2,1H3,(H2,19,21)/t17-/m0/s1. The van der Waals surface area contributed by atoms with E-state index in [0.29, 0.717) is 0 Å². The van der Waals surface area contributed by atoms with Crippen LogP contribution in [-0.2, 0) is 11.2 Å². The summed E-state index contributed by atoms with van der Waals surface area (Å²) in [5.74, 6) is 0.510. The molecule has 3 N–H and O–H groups in total. The van der Waals surface area contributed by atoms with Crippen LogP contribution in [0.1, 0.15) is 23.6 Å². The molecule has 0 spiro atoms. The van der Waals surface area contributed by atoms with Crippen LogP contribution in [0.5, 0.6) is 5.75 Å². The van der Waals surface area contributed by atoms with Crippen molar-refractivity contribution in [2.24, 2.45) is 5.73 Å². The summed E-state index contributed by atoms with van der Waals surface area (Å²) >= 11 is 0. The Kier molecular flexibility index (Phi) is 5.98. The average Bonchev–Trinajstić information content (AvgIpc) is 2.56. The number of primary amides is 1. The summed E-state index contributed by atoms with van der Waals surface area (Å²) in [6.45, 7) is 0.731. The van der Waals surface area contributed by atoms with Gasteiger partial charge in [-0.2, -0.15) is 0 Å². The first kappa shape index (κ1) is 16.0. The van der Waals surface area contributed by atoms with Crippen LogP contribution < -0.4 is 15.8 Å². The molecule has 0 aliphatic heterocycles. The number of ether oxygens (including phenoxy) is 1. The van der Waals surface area contributed by atoms with Gasteiger partial charge in [0.1, 0.15) is 11.8 Å². The van der Waals surface area contributed by atoms with Gasteiger partial charge in [0.2, 0.25) is 5.91 Å². The monoisotopic (exact) mass is 298 g/mol. The lowest BCUT2D eigenvalue weighted by Gasteiger charge is -2.15. The van der Waals surface area contributed by atoms with Crippen LogP contribution in [0.4, 0.5) is 0 Å². The molecule has 0 saturated carbocycles. The Labute approximate surface area is 131 Å². The van der Waals surface area contributed by atoms with E-state index in [4.69, 9.17) is 10.5 Å². The minimum Gasteiger partial charge on any atom is -0.497 e. The Bertz CT molecular complexity index is 582. The maximum absolute atomic E-state index is 11.6. The summed E-state index contributed by atoms with van der Waals surface area (Å²) in [4.78, 5) is 11.6. The third-order valence-electron chi connectivity index (χ3n) is 3.57. The maximum atomic E-state index is 11.6. The molecule has 116 valence electrons. The van der Waals surface area contributed by atoms with Gasteiger partial charge in [-0.1, -0.05) is 42.5 Å². The molecule has 2 rings (SSSR count). The molecule has 2 aromatic carbocycles. The van der Waals surface area contributed by atoms with Gasteiger partial charge in [-0.15, -0.1) is 0 Å². The first-order chi connectivity index (χ1) is 10.7. The Balaban J connectivity index is 1.82. The molecular formula is C18H22N2O2. The SMILES string of the molecule is COc1ccc(CCCN[C@H](C(N)=O)c2ccccc2)cc1. The van der Waals surface area contributed by atoms with Crippen molar-refractivity contribution < 1.29 is 9.53 Å². The van der Waals surface area contributed by atoms with Gasteiger partial charge in [-0.05, 0) is 42.6 Å². The van der Waals surface area contributed by atoms with Gasteiger partial charge in [0, 0.05) is 0 Å².